The van der Waals surface area contributed by atoms with Crippen LogP contribution in [-0.2, 0) is 0 Å². The van der Waals surface area contributed by atoms with Gasteiger partial charge in [-0.3, -0.25) is 14.9 Å². The van der Waals surface area contributed by atoms with E-state index < -0.39 is 10.8 Å². The van der Waals surface area contributed by atoms with Crippen molar-refractivity contribution in [1.82, 2.24) is 5.43 Å². The Morgan fingerprint density at radius 1 is 1.16 bits per heavy atom. The third kappa shape index (κ3) is 4.31. The normalized spacial score (nSPS) is 10.9. The second kappa shape index (κ2) is 7.91. The highest BCUT2D eigenvalue weighted by Gasteiger charge is 2.12. The molecule has 0 aliphatic rings. The fourth-order valence-corrected chi connectivity index (χ4v) is 2.12. The van der Waals surface area contributed by atoms with Crippen molar-refractivity contribution < 1.29 is 19.2 Å². The van der Waals surface area contributed by atoms with Crippen LogP contribution in [0.25, 0.3) is 0 Å². The van der Waals surface area contributed by atoms with E-state index in [1.165, 1.54) is 31.4 Å². The van der Waals surface area contributed by atoms with Crippen molar-refractivity contribution in [3.05, 3.63) is 63.7 Å². The topological polar surface area (TPSA) is 103 Å². The Balaban J connectivity index is 2.19. The Hall–Kier alpha value is -3.42. The number of carbonyl (C=O) groups excluding carboxylic acids is 1. The van der Waals surface area contributed by atoms with E-state index in [9.17, 15) is 14.9 Å². The van der Waals surface area contributed by atoms with Gasteiger partial charge in [0.2, 0.25) is 0 Å². The molecule has 0 aliphatic carbocycles. The molecule has 0 saturated carbocycles. The minimum Gasteiger partial charge on any atom is -0.497 e. The van der Waals surface area contributed by atoms with E-state index in [1.54, 1.807) is 32.2 Å². The summed E-state index contributed by atoms with van der Waals surface area (Å²) >= 11 is 0. The lowest BCUT2D eigenvalue weighted by Crippen LogP contribution is -2.19. The molecule has 2 aromatic rings. The first-order valence-electron chi connectivity index (χ1n) is 7.27. The van der Waals surface area contributed by atoms with E-state index in [4.69, 9.17) is 9.47 Å². The molecule has 0 heterocycles. The first kappa shape index (κ1) is 17.9. The number of benzene rings is 2. The minimum absolute atomic E-state index is 0.146. The summed E-state index contributed by atoms with van der Waals surface area (Å²) in [6.07, 6.45) is 0. The summed E-state index contributed by atoms with van der Waals surface area (Å²) in [6, 6.07) is 10.6. The van der Waals surface area contributed by atoms with Crippen LogP contribution >= 0.6 is 0 Å². The second-order valence-corrected chi connectivity index (χ2v) is 5.01. The molecule has 0 atom stereocenters. The highest BCUT2D eigenvalue weighted by atomic mass is 16.6. The van der Waals surface area contributed by atoms with Crippen LogP contribution in [-0.4, -0.2) is 30.8 Å². The van der Waals surface area contributed by atoms with E-state index in [1.807, 2.05) is 0 Å². The van der Waals surface area contributed by atoms with Crippen LogP contribution in [0.15, 0.2) is 47.6 Å². The molecule has 0 saturated heterocycles. The van der Waals surface area contributed by atoms with Gasteiger partial charge in [0.1, 0.15) is 11.5 Å². The summed E-state index contributed by atoms with van der Waals surface area (Å²) in [7, 11) is 3.07. The van der Waals surface area contributed by atoms with Crippen LogP contribution in [0.2, 0.25) is 0 Å². The molecule has 0 bridgehead atoms. The SMILES string of the molecule is COc1ccc(/C(C)=N/NC(=O)c2cccc([N+](=O)[O-])c2)c(OC)c1. The Morgan fingerprint density at radius 3 is 2.56 bits per heavy atom. The first-order valence-corrected chi connectivity index (χ1v) is 7.27. The Labute approximate surface area is 144 Å². The molecule has 8 heteroatoms. The van der Waals surface area contributed by atoms with E-state index in [0.717, 1.165) is 0 Å². The monoisotopic (exact) mass is 343 g/mol. The van der Waals surface area contributed by atoms with Gasteiger partial charge >= 0.3 is 0 Å². The van der Waals surface area contributed by atoms with Gasteiger partial charge in [-0.2, -0.15) is 5.10 Å². The van der Waals surface area contributed by atoms with Gasteiger partial charge in [0.15, 0.2) is 0 Å². The summed E-state index contributed by atoms with van der Waals surface area (Å²) in [6.45, 7) is 1.71. The predicted octanol–water partition coefficient (Wildman–Crippen LogP) is 2.77. The van der Waals surface area contributed by atoms with Gasteiger partial charge < -0.3 is 9.47 Å². The Morgan fingerprint density at radius 2 is 1.92 bits per heavy atom. The average Bonchev–Trinajstić information content (AvgIpc) is 2.65. The minimum atomic E-state index is -0.562. The van der Waals surface area contributed by atoms with Crippen molar-refractivity contribution in [2.45, 2.75) is 6.92 Å². The number of nitro groups is 1. The van der Waals surface area contributed by atoms with Gasteiger partial charge in [-0.05, 0) is 25.1 Å². The van der Waals surface area contributed by atoms with Crippen LogP contribution in [0, 0.1) is 10.1 Å². The number of nitrogens with zero attached hydrogens (tertiary/aromatic N) is 2. The fourth-order valence-electron chi connectivity index (χ4n) is 2.12. The molecule has 0 aromatic heterocycles. The maximum Gasteiger partial charge on any atom is 0.271 e. The maximum absolute atomic E-state index is 12.1. The van der Waals surface area contributed by atoms with E-state index in [2.05, 4.69) is 10.5 Å². The highest BCUT2D eigenvalue weighted by Crippen LogP contribution is 2.25. The number of ether oxygens (including phenoxy) is 2. The van der Waals surface area contributed by atoms with Gasteiger partial charge in [0.05, 0.1) is 24.9 Å². The molecule has 25 heavy (non-hydrogen) atoms. The smallest absolute Gasteiger partial charge is 0.271 e. The first-order chi connectivity index (χ1) is 12.0. The number of methoxy groups -OCH3 is 2. The number of amides is 1. The molecule has 2 rings (SSSR count). The van der Waals surface area contributed by atoms with Crippen molar-refractivity contribution in [2.75, 3.05) is 14.2 Å². The Bertz CT molecular complexity index is 833. The van der Waals surface area contributed by atoms with Gasteiger partial charge in [-0.1, -0.05) is 6.07 Å². The number of nitrogens with one attached hydrogen (secondary N) is 1. The zero-order valence-corrected chi connectivity index (χ0v) is 14.0. The molecule has 8 nitrogen and oxygen atoms in total. The third-order valence-corrected chi connectivity index (χ3v) is 3.44. The van der Waals surface area contributed by atoms with Crippen molar-refractivity contribution in [3.63, 3.8) is 0 Å². The van der Waals surface area contributed by atoms with Crippen LogP contribution in [0.4, 0.5) is 5.69 Å². The van der Waals surface area contributed by atoms with E-state index >= 15 is 0 Å². The van der Waals surface area contributed by atoms with E-state index in [0.29, 0.717) is 22.8 Å². The summed E-state index contributed by atoms with van der Waals surface area (Å²) in [5.74, 6) is 0.634. The van der Waals surface area contributed by atoms with Crippen molar-refractivity contribution in [3.8, 4) is 11.5 Å². The lowest BCUT2D eigenvalue weighted by molar-refractivity contribution is -0.384. The Kier molecular flexibility index (Phi) is 5.67. The zero-order chi connectivity index (χ0) is 18.4. The summed E-state index contributed by atoms with van der Waals surface area (Å²) in [5.41, 5.74) is 3.56. The standard InChI is InChI=1S/C17H17N3O5/c1-11(15-8-7-14(24-2)10-16(15)25-3)18-19-17(21)12-5-4-6-13(9-12)20(22)23/h4-10H,1-3H3,(H,19,21)/b18-11+. The molecule has 0 fully saturated rings. The number of rotatable bonds is 6. The second-order valence-electron chi connectivity index (χ2n) is 5.01. The van der Waals surface area contributed by atoms with Crippen molar-refractivity contribution in [1.29, 1.82) is 0 Å². The number of nitro benzene ring substituents is 1. The highest BCUT2D eigenvalue weighted by molar-refractivity contribution is 6.03. The van der Waals surface area contributed by atoms with E-state index in [-0.39, 0.29) is 11.3 Å². The van der Waals surface area contributed by atoms with Gasteiger partial charge in [-0.25, -0.2) is 5.43 Å². The largest absolute Gasteiger partial charge is 0.497 e. The number of hydrogen-bond acceptors (Lipinski definition) is 6. The lowest BCUT2D eigenvalue weighted by atomic mass is 10.1. The van der Waals surface area contributed by atoms with Crippen LogP contribution in [0.3, 0.4) is 0 Å². The number of non-ortho nitro benzene ring substituents is 1. The molecule has 1 amide bonds. The quantitative estimate of drug-likeness (QED) is 0.493. The summed E-state index contributed by atoms with van der Waals surface area (Å²) < 4.78 is 10.4. The van der Waals surface area contributed by atoms with Crippen molar-refractivity contribution >= 4 is 17.3 Å². The zero-order valence-electron chi connectivity index (χ0n) is 14.0. The molecule has 1 N–H and O–H groups in total. The molecular formula is C17H17N3O5. The molecule has 0 unspecified atom stereocenters. The molecule has 0 spiro atoms. The molecule has 2 aromatic carbocycles. The number of hydrazone groups is 1. The predicted molar refractivity (Wildman–Crippen MR) is 92.3 cm³/mol. The molecule has 130 valence electrons. The van der Waals surface area contributed by atoms with Gasteiger partial charge in [-0.15, -0.1) is 0 Å². The van der Waals surface area contributed by atoms with Gasteiger partial charge in [0, 0.05) is 29.3 Å². The van der Waals surface area contributed by atoms with Crippen molar-refractivity contribution in [2.24, 2.45) is 5.10 Å². The average molecular weight is 343 g/mol. The molecule has 0 radical (unpaired) electrons. The lowest BCUT2D eigenvalue weighted by Gasteiger charge is -2.10. The third-order valence-electron chi connectivity index (χ3n) is 3.44. The maximum atomic E-state index is 12.1. The van der Waals surface area contributed by atoms with Crippen LogP contribution < -0.4 is 14.9 Å². The van der Waals surface area contributed by atoms with Crippen LogP contribution in [0.5, 0.6) is 11.5 Å². The fraction of sp³-hybridized carbons (Fsp3) is 0.176. The number of hydrogen-bond donors (Lipinski definition) is 1. The number of carbonyl (C=O) groups is 1. The summed E-state index contributed by atoms with van der Waals surface area (Å²) in [4.78, 5) is 22.3. The summed E-state index contributed by atoms with van der Waals surface area (Å²) in [5, 5.41) is 14.8. The molecule has 0 aliphatic heterocycles. The van der Waals surface area contributed by atoms with Gasteiger partial charge in [0.25, 0.3) is 11.6 Å². The molecular weight excluding hydrogens is 326 g/mol. The van der Waals surface area contributed by atoms with Crippen LogP contribution in [0.1, 0.15) is 22.8 Å².